The van der Waals surface area contributed by atoms with E-state index in [0.717, 1.165) is 19.4 Å². The lowest BCUT2D eigenvalue weighted by Crippen LogP contribution is -2.84. The maximum Gasteiger partial charge on any atom is 0.138 e. The molecule has 0 aliphatic carbocycles. The molecule has 3 heteroatoms. The van der Waals surface area contributed by atoms with Gasteiger partial charge >= 0.3 is 0 Å². The Morgan fingerprint density at radius 3 is 3.33 bits per heavy atom. The molecule has 0 aromatic carbocycles. The summed E-state index contributed by atoms with van der Waals surface area (Å²) in [6, 6.07) is 0. The lowest BCUT2D eigenvalue weighted by molar-refractivity contribution is -0.640. The zero-order valence-electron chi connectivity index (χ0n) is 7.36. The van der Waals surface area contributed by atoms with Crippen LogP contribution in [0.15, 0.2) is 12.2 Å². The van der Waals surface area contributed by atoms with Crippen molar-refractivity contribution in [3.63, 3.8) is 0 Å². The van der Waals surface area contributed by atoms with Gasteiger partial charge in [-0.3, -0.25) is 0 Å². The summed E-state index contributed by atoms with van der Waals surface area (Å²) in [4.78, 5) is 0. The molecule has 0 aromatic rings. The second kappa shape index (κ2) is 2.83. The van der Waals surface area contributed by atoms with Gasteiger partial charge in [-0.15, -0.1) is 0 Å². The van der Waals surface area contributed by atoms with E-state index < -0.39 is 0 Å². The van der Waals surface area contributed by atoms with Crippen molar-refractivity contribution in [2.45, 2.75) is 30.7 Å². The van der Waals surface area contributed by atoms with Gasteiger partial charge in [0, 0.05) is 12.8 Å². The number of likely N-dealkylation sites (N-methyl/N-ethyl adjacent to an activating group) is 1. The first-order valence-corrected chi connectivity index (χ1v) is 4.57. The van der Waals surface area contributed by atoms with Crippen molar-refractivity contribution < 1.29 is 15.2 Å². The fourth-order valence-corrected chi connectivity index (χ4v) is 2.20. The summed E-state index contributed by atoms with van der Waals surface area (Å²) in [6.07, 6.45) is 5.70. The second-order valence-electron chi connectivity index (χ2n) is 3.79. The molecule has 0 saturated carbocycles. The minimum Gasteiger partial charge on any atom is -0.393 e. The number of aliphatic hydroxyl groups excluding tert-OH is 1. The lowest BCUT2D eigenvalue weighted by Gasteiger charge is -2.34. The van der Waals surface area contributed by atoms with Crippen molar-refractivity contribution in [2.75, 3.05) is 13.6 Å². The van der Waals surface area contributed by atoms with Crippen molar-refractivity contribution in [1.29, 1.82) is 0 Å². The number of fused-ring (bicyclic) bond motifs is 2. The third kappa shape index (κ3) is 1.28. The minimum absolute atomic E-state index is 0.161. The van der Waals surface area contributed by atoms with Gasteiger partial charge in [-0.25, -0.2) is 0 Å². The monoisotopic (exact) mass is 170 g/mol. The van der Waals surface area contributed by atoms with Gasteiger partial charge in [0.05, 0.1) is 19.3 Å². The van der Waals surface area contributed by atoms with E-state index in [1.165, 1.54) is 0 Å². The molecule has 0 spiro atoms. The number of aliphatic hydroxyl groups is 1. The number of rotatable bonds is 2. The van der Waals surface area contributed by atoms with Crippen LogP contribution >= 0.6 is 0 Å². The Balaban J connectivity index is 2.10. The summed E-state index contributed by atoms with van der Waals surface area (Å²) in [5, 5.41) is 11.6. The van der Waals surface area contributed by atoms with Crippen LogP contribution in [0.1, 0.15) is 12.8 Å². The van der Waals surface area contributed by atoms with Crippen LogP contribution in [0.25, 0.3) is 0 Å². The van der Waals surface area contributed by atoms with Gasteiger partial charge in [-0.2, -0.15) is 0 Å². The summed E-state index contributed by atoms with van der Waals surface area (Å²) in [5.74, 6) is 0. The van der Waals surface area contributed by atoms with E-state index in [1.54, 1.807) is 0 Å². The third-order valence-corrected chi connectivity index (χ3v) is 2.64. The predicted molar refractivity (Wildman–Crippen MR) is 44.7 cm³/mol. The Kier molecular flexibility index (Phi) is 1.94. The first-order valence-electron chi connectivity index (χ1n) is 4.57. The lowest BCUT2D eigenvalue weighted by atomic mass is 9.94. The summed E-state index contributed by atoms with van der Waals surface area (Å²) >= 11 is 0. The Morgan fingerprint density at radius 2 is 2.58 bits per heavy atom. The molecule has 1 saturated heterocycles. The average Bonchev–Trinajstić information content (AvgIpc) is 2.27. The number of nitrogens with two attached hydrogens (primary N) is 1. The first-order chi connectivity index (χ1) is 5.74. The largest absolute Gasteiger partial charge is 0.393 e. The summed E-state index contributed by atoms with van der Waals surface area (Å²) < 4.78 is 5.79. The summed E-state index contributed by atoms with van der Waals surface area (Å²) in [5.41, 5.74) is -0.170. The number of ether oxygens (including phenoxy) is 1. The highest BCUT2D eigenvalue weighted by Gasteiger charge is 2.43. The number of hydrogen-bond donors (Lipinski definition) is 2. The summed E-state index contributed by atoms with van der Waals surface area (Å²) in [7, 11) is 2.03. The highest BCUT2D eigenvalue weighted by atomic mass is 16.5. The Hall–Kier alpha value is -0.380. The molecule has 2 aliphatic heterocycles. The molecule has 0 radical (unpaired) electrons. The van der Waals surface area contributed by atoms with Gasteiger partial charge in [-0.1, -0.05) is 6.08 Å². The van der Waals surface area contributed by atoms with E-state index in [4.69, 9.17) is 4.74 Å². The summed E-state index contributed by atoms with van der Waals surface area (Å²) in [6.45, 7) is 0.914. The quantitative estimate of drug-likeness (QED) is 0.524. The molecule has 0 aromatic heterocycles. The van der Waals surface area contributed by atoms with E-state index in [1.807, 2.05) is 7.05 Å². The van der Waals surface area contributed by atoms with Crippen molar-refractivity contribution in [3.8, 4) is 0 Å². The van der Waals surface area contributed by atoms with Gasteiger partial charge < -0.3 is 15.2 Å². The zero-order chi connectivity index (χ0) is 8.60. The standard InChI is InChI=1S/C9H15NO2/c1-10-6-9-3-2-8(12-9)4-7(11)5-9/h2-3,7-8,10-11H,4-6H2,1H3/p+1/t7-,8-,9+/m0/s1. The van der Waals surface area contributed by atoms with Crippen LogP contribution in [0.3, 0.4) is 0 Å². The molecule has 2 heterocycles. The van der Waals surface area contributed by atoms with E-state index in [0.29, 0.717) is 0 Å². The number of quaternary nitrogens is 1. The van der Waals surface area contributed by atoms with Crippen LogP contribution in [0.5, 0.6) is 0 Å². The van der Waals surface area contributed by atoms with Gasteiger partial charge in [-0.05, 0) is 6.08 Å². The van der Waals surface area contributed by atoms with E-state index in [2.05, 4.69) is 17.5 Å². The van der Waals surface area contributed by atoms with Crippen LogP contribution in [0.2, 0.25) is 0 Å². The van der Waals surface area contributed by atoms with Gasteiger partial charge in [0.25, 0.3) is 0 Å². The van der Waals surface area contributed by atoms with Crippen LogP contribution in [-0.2, 0) is 4.74 Å². The highest BCUT2D eigenvalue weighted by Crippen LogP contribution is 2.35. The van der Waals surface area contributed by atoms with Gasteiger partial charge in [0.1, 0.15) is 12.1 Å². The molecule has 1 fully saturated rings. The molecule has 0 amide bonds. The predicted octanol–water partition coefficient (Wildman–Crippen LogP) is -0.972. The van der Waals surface area contributed by atoms with Crippen LogP contribution < -0.4 is 5.32 Å². The van der Waals surface area contributed by atoms with E-state index in [9.17, 15) is 5.11 Å². The van der Waals surface area contributed by atoms with Crippen molar-refractivity contribution in [1.82, 2.24) is 0 Å². The average molecular weight is 170 g/mol. The normalized spacial score (nSPS) is 45.2. The van der Waals surface area contributed by atoms with Crippen molar-refractivity contribution >= 4 is 0 Å². The zero-order valence-corrected chi connectivity index (χ0v) is 7.36. The fraction of sp³-hybridized carbons (Fsp3) is 0.778. The van der Waals surface area contributed by atoms with Crippen LogP contribution in [0, 0.1) is 0 Å². The maximum atomic E-state index is 9.55. The van der Waals surface area contributed by atoms with E-state index >= 15 is 0 Å². The highest BCUT2D eigenvalue weighted by molar-refractivity contribution is 5.15. The molecule has 12 heavy (non-hydrogen) atoms. The number of hydrogen-bond acceptors (Lipinski definition) is 2. The molecular weight excluding hydrogens is 154 g/mol. The topological polar surface area (TPSA) is 46.1 Å². The smallest absolute Gasteiger partial charge is 0.138 e. The Morgan fingerprint density at radius 1 is 1.75 bits per heavy atom. The van der Waals surface area contributed by atoms with Crippen LogP contribution in [0.4, 0.5) is 0 Å². The minimum atomic E-state index is -0.182. The van der Waals surface area contributed by atoms with Crippen LogP contribution in [-0.4, -0.2) is 36.5 Å². The molecule has 3 N–H and O–H groups in total. The van der Waals surface area contributed by atoms with Gasteiger partial charge in [0.15, 0.2) is 0 Å². The molecule has 2 aliphatic rings. The molecule has 3 nitrogen and oxygen atoms in total. The Bertz CT molecular complexity index is 205. The molecule has 2 rings (SSSR count). The van der Waals surface area contributed by atoms with Gasteiger partial charge in [0.2, 0.25) is 0 Å². The van der Waals surface area contributed by atoms with Crippen molar-refractivity contribution in [2.24, 2.45) is 0 Å². The first kappa shape index (κ1) is 8.23. The molecular formula is C9H16NO2+. The Labute approximate surface area is 72.4 Å². The SMILES string of the molecule is C[NH2+]C[C@@]12C=C[C@@H](C[C@H](O)C1)O2. The molecule has 68 valence electrons. The molecule has 0 unspecified atom stereocenters. The van der Waals surface area contributed by atoms with Crippen molar-refractivity contribution in [3.05, 3.63) is 12.2 Å². The molecule has 3 atom stereocenters. The molecule has 2 bridgehead atoms. The fourth-order valence-electron chi connectivity index (χ4n) is 2.20. The second-order valence-corrected chi connectivity index (χ2v) is 3.79. The maximum absolute atomic E-state index is 9.55. The third-order valence-electron chi connectivity index (χ3n) is 2.64. The van der Waals surface area contributed by atoms with E-state index in [-0.39, 0.29) is 17.8 Å².